The summed E-state index contributed by atoms with van der Waals surface area (Å²) in [5, 5.41) is 34.5. The molecule has 0 spiro atoms. The Bertz CT molecular complexity index is 2150. The molecule has 0 radical (unpaired) electrons. The number of alkyl carbamates (subject to hydrolysis) is 1. The number of carboxylic acids is 2. The Morgan fingerprint density at radius 1 is 0.875 bits per heavy atom. The van der Waals surface area contributed by atoms with Gasteiger partial charge in [-0.1, -0.05) is 53.5 Å². The molecule has 4 rings (SSSR count). The fourth-order valence-electron chi connectivity index (χ4n) is 4.60. The fourth-order valence-corrected chi connectivity index (χ4v) is 5.03. The molecule has 2 amide bonds. The van der Waals surface area contributed by atoms with Crippen molar-refractivity contribution >= 4 is 47.1 Å². The molecule has 4 aromatic rings. The van der Waals surface area contributed by atoms with Crippen LogP contribution < -0.4 is 21.1 Å². The third kappa shape index (κ3) is 21.3. The van der Waals surface area contributed by atoms with Gasteiger partial charge in [-0.15, -0.1) is 5.10 Å². The van der Waals surface area contributed by atoms with Gasteiger partial charge in [0, 0.05) is 22.3 Å². The molecule has 0 fully saturated rings. The lowest BCUT2D eigenvalue weighted by Crippen LogP contribution is -2.51. The van der Waals surface area contributed by atoms with E-state index in [4.69, 9.17) is 69.5 Å². The number of nitrogens with zero attached hydrogens (tertiary/aromatic N) is 6. The third-order valence-corrected chi connectivity index (χ3v) is 8.02. The highest BCUT2D eigenvalue weighted by molar-refractivity contribution is 6.30. The van der Waals surface area contributed by atoms with Gasteiger partial charge in [0.2, 0.25) is 18.3 Å². The normalized spacial score (nSPS) is 12.7. The molecule has 0 aliphatic rings. The maximum atomic E-state index is 12.7. The van der Waals surface area contributed by atoms with Gasteiger partial charge in [-0.25, -0.2) is 30.6 Å². The molecular formula is C40H48Cl2F3N9O10. The van der Waals surface area contributed by atoms with Gasteiger partial charge in [-0.2, -0.15) is 13.2 Å². The van der Waals surface area contributed by atoms with E-state index in [1.165, 1.54) is 4.68 Å². The number of benzene rings is 2. The van der Waals surface area contributed by atoms with Crippen LogP contribution in [-0.2, 0) is 41.8 Å². The second-order valence-electron chi connectivity index (χ2n) is 14.8. The number of tetrazole rings is 1. The van der Waals surface area contributed by atoms with Gasteiger partial charge < -0.3 is 50.4 Å². The van der Waals surface area contributed by atoms with E-state index in [1.54, 1.807) is 89.3 Å². The third-order valence-electron chi connectivity index (χ3n) is 7.55. The second-order valence-corrected chi connectivity index (χ2v) is 15.7. The SMILES string of the molecule is CC(C)(C)OC(=O)N[C@H](COCc1cccc(Cl)c1)C(=O)O.O=C(O)C(F)(F)F.[C-]#[N+]C[C@H](COc1ccccn1)n1nnnc1[C@@H](COCc1cccc(Cl)c1)NC(=O)C(C)(C)N. The van der Waals surface area contributed by atoms with Crippen molar-refractivity contribution in [1.29, 1.82) is 0 Å². The van der Waals surface area contributed by atoms with Crippen molar-refractivity contribution in [2.24, 2.45) is 5.73 Å². The second kappa shape index (κ2) is 25.9. The highest BCUT2D eigenvalue weighted by Crippen LogP contribution is 2.20. The van der Waals surface area contributed by atoms with Gasteiger partial charge in [-0.3, -0.25) is 4.79 Å². The molecule has 0 unspecified atom stereocenters. The molecule has 64 heavy (non-hydrogen) atoms. The smallest absolute Gasteiger partial charge is 0.480 e. The first-order valence-corrected chi connectivity index (χ1v) is 19.6. The number of halogens is 5. The van der Waals surface area contributed by atoms with Crippen LogP contribution in [0, 0.1) is 6.57 Å². The number of carbonyl (C=O) groups excluding carboxylic acids is 2. The summed E-state index contributed by atoms with van der Waals surface area (Å²) in [6, 6.07) is 17.1. The summed E-state index contributed by atoms with van der Waals surface area (Å²) in [7, 11) is 0. The molecule has 0 bridgehead atoms. The molecule has 2 aromatic heterocycles. The van der Waals surface area contributed by atoms with Crippen molar-refractivity contribution in [3.63, 3.8) is 0 Å². The Balaban J connectivity index is 0.000000413. The average molecular weight is 943 g/mol. The van der Waals surface area contributed by atoms with Crippen LogP contribution >= 0.6 is 23.2 Å². The molecule has 0 aliphatic heterocycles. The number of hydrogen-bond acceptors (Lipinski definition) is 13. The molecular weight excluding hydrogens is 894 g/mol. The van der Waals surface area contributed by atoms with Gasteiger partial charge in [0.05, 0.1) is 32.0 Å². The Hall–Kier alpha value is -6.12. The molecule has 0 saturated carbocycles. The van der Waals surface area contributed by atoms with Gasteiger partial charge in [0.1, 0.15) is 18.2 Å². The first-order chi connectivity index (χ1) is 29.9. The molecule has 2 aromatic carbocycles. The first-order valence-electron chi connectivity index (χ1n) is 18.8. The number of carbonyl (C=O) groups is 4. The summed E-state index contributed by atoms with van der Waals surface area (Å²) >= 11 is 11.9. The lowest BCUT2D eigenvalue weighted by Gasteiger charge is -2.24. The van der Waals surface area contributed by atoms with Gasteiger partial charge >= 0.3 is 24.2 Å². The van der Waals surface area contributed by atoms with Crippen LogP contribution in [-0.4, -0.2) is 109 Å². The zero-order chi connectivity index (χ0) is 48.1. The lowest BCUT2D eigenvalue weighted by atomic mass is 10.1. The van der Waals surface area contributed by atoms with Crippen LogP contribution in [0.3, 0.4) is 0 Å². The largest absolute Gasteiger partial charge is 0.490 e. The monoisotopic (exact) mass is 941 g/mol. The van der Waals surface area contributed by atoms with E-state index in [1.807, 2.05) is 18.2 Å². The Morgan fingerprint density at radius 2 is 1.45 bits per heavy atom. The topological polar surface area (TPSA) is 257 Å². The highest BCUT2D eigenvalue weighted by Gasteiger charge is 2.38. The predicted octanol–water partition coefficient (Wildman–Crippen LogP) is 5.84. The minimum Gasteiger partial charge on any atom is -0.480 e. The standard InChI is InChI=1S/C23H27ClN8O3.C15H20ClNO5.C2HF3O2/c1-23(2,25)22(33)28-19(15-34-13-16-7-6-8-17(24)11-16)21-29-30-31-32(21)18(12-26-3)14-35-20-9-4-5-10-27-20;1-15(2,3)22-14(20)17-12(13(18)19)9-21-8-10-5-4-6-11(16)7-10;3-2(4,5)1(6)7/h4-11,18-19H,12-15,25H2,1-2H3,(H,28,33);4-7,12H,8-9H2,1-3H3,(H,17,20)(H,18,19);(H,6,7)/t18-,19-;12-;/m11./s1. The van der Waals surface area contributed by atoms with Crippen LogP contribution in [0.25, 0.3) is 4.85 Å². The van der Waals surface area contributed by atoms with Crippen molar-refractivity contribution < 1.29 is 61.5 Å². The van der Waals surface area contributed by atoms with Crippen LogP contribution in [0.2, 0.25) is 10.0 Å². The quantitative estimate of drug-likeness (QED) is 0.0735. The van der Waals surface area contributed by atoms with Crippen molar-refractivity contribution in [2.75, 3.05) is 26.4 Å². The number of hydrogen-bond donors (Lipinski definition) is 5. The van der Waals surface area contributed by atoms with E-state index >= 15 is 0 Å². The number of alkyl halides is 3. The van der Waals surface area contributed by atoms with Crippen molar-refractivity contribution in [3.8, 4) is 5.88 Å². The summed E-state index contributed by atoms with van der Waals surface area (Å²) < 4.78 is 55.2. The van der Waals surface area contributed by atoms with Crippen LogP contribution in [0.5, 0.6) is 5.88 Å². The van der Waals surface area contributed by atoms with Crippen LogP contribution in [0.1, 0.15) is 63.7 Å². The van der Waals surface area contributed by atoms with Gasteiger partial charge in [-0.05, 0) is 86.5 Å². The minimum atomic E-state index is -5.08. The van der Waals surface area contributed by atoms with E-state index in [9.17, 15) is 27.6 Å². The molecule has 2 heterocycles. The van der Waals surface area contributed by atoms with E-state index in [0.29, 0.717) is 21.7 Å². The predicted molar refractivity (Wildman–Crippen MR) is 224 cm³/mol. The maximum Gasteiger partial charge on any atom is 0.490 e. The Morgan fingerprint density at radius 3 is 1.92 bits per heavy atom. The summed E-state index contributed by atoms with van der Waals surface area (Å²) in [6.07, 6.45) is -4.27. The molecule has 348 valence electrons. The number of carboxylic acid groups (broad SMARTS) is 2. The molecule has 24 heteroatoms. The van der Waals surface area contributed by atoms with Crippen LogP contribution in [0.15, 0.2) is 72.9 Å². The zero-order valence-electron chi connectivity index (χ0n) is 35.2. The van der Waals surface area contributed by atoms with Gasteiger partial charge in [0.15, 0.2) is 17.9 Å². The molecule has 3 atom stereocenters. The first kappa shape index (κ1) is 54.0. The Labute approximate surface area is 376 Å². The highest BCUT2D eigenvalue weighted by atomic mass is 35.5. The summed E-state index contributed by atoms with van der Waals surface area (Å²) in [5.41, 5.74) is 5.83. The van der Waals surface area contributed by atoms with E-state index in [0.717, 1.165) is 11.1 Å². The van der Waals surface area contributed by atoms with Crippen molar-refractivity contribution in [1.82, 2.24) is 35.8 Å². The molecule has 19 nitrogen and oxygen atoms in total. The minimum absolute atomic E-state index is 0.0529. The number of pyridine rings is 1. The molecule has 6 N–H and O–H groups in total. The van der Waals surface area contributed by atoms with E-state index in [-0.39, 0.29) is 39.6 Å². The number of nitrogens with two attached hydrogens (primary N) is 1. The zero-order valence-corrected chi connectivity index (χ0v) is 36.7. The van der Waals surface area contributed by atoms with Gasteiger partial charge in [0.25, 0.3) is 0 Å². The summed E-state index contributed by atoms with van der Waals surface area (Å²) in [4.78, 5) is 51.9. The Kier molecular flexibility index (Phi) is 21.8. The molecule has 0 aliphatic carbocycles. The fraction of sp³-hybridized carbons (Fsp3) is 0.425. The van der Waals surface area contributed by atoms with E-state index in [2.05, 4.69) is 36.0 Å². The number of rotatable bonds is 18. The van der Waals surface area contributed by atoms with Crippen molar-refractivity contribution in [3.05, 3.63) is 111 Å². The average Bonchev–Trinajstić information content (AvgIpc) is 3.68. The number of aliphatic carboxylic acids is 2. The summed E-state index contributed by atoms with van der Waals surface area (Å²) in [6.45, 7) is 16.1. The summed E-state index contributed by atoms with van der Waals surface area (Å²) in [5.74, 6) is -3.64. The number of aromatic nitrogens is 5. The number of ether oxygens (including phenoxy) is 4. The van der Waals surface area contributed by atoms with E-state index < -0.39 is 59.4 Å². The number of nitrogens with one attached hydrogen (secondary N) is 2. The lowest BCUT2D eigenvalue weighted by molar-refractivity contribution is -0.192. The number of amides is 2. The van der Waals surface area contributed by atoms with Crippen molar-refractivity contribution in [2.45, 2.75) is 83.3 Å². The maximum absolute atomic E-state index is 12.7. The van der Waals surface area contributed by atoms with Crippen LogP contribution in [0.4, 0.5) is 18.0 Å². The molecule has 0 saturated heterocycles.